The van der Waals surface area contributed by atoms with Gasteiger partial charge in [0.05, 0.1) is 16.7 Å². The maximum absolute atomic E-state index is 12.5. The van der Waals surface area contributed by atoms with Crippen LogP contribution in [0.3, 0.4) is 0 Å². The lowest BCUT2D eigenvalue weighted by Gasteiger charge is -2.36. The average Bonchev–Trinajstić information content (AvgIpc) is 2.80. The number of halogens is 3. The molecule has 1 aromatic rings. The quantitative estimate of drug-likeness (QED) is 0.875. The highest BCUT2D eigenvalue weighted by Crippen LogP contribution is 2.64. The molecule has 1 N–H and O–H groups in total. The first kappa shape index (κ1) is 18.2. The fraction of sp³-hybridized carbons (Fsp3) is 0.625. The van der Waals surface area contributed by atoms with Crippen LogP contribution in [0.2, 0.25) is 0 Å². The number of hydrogen-bond donors (Lipinski definition) is 1. The summed E-state index contributed by atoms with van der Waals surface area (Å²) in [5.74, 6) is -0.425. The van der Waals surface area contributed by atoms with E-state index in [0.29, 0.717) is 19.0 Å². The van der Waals surface area contributed by atoms with Crippen molar-refractivity contribution in [3.63, 3.8) is 0 Å². The fourth-order valence-corrected chi connectivity index (χ4v) is 6.09. The zero-order valence-corrected chi connectivity index (χ0v) is 14.7. The van der Waals surface area contributed by atoms with Gasteiger partial charge in [-0.2, -0.15) is 13.2 Å². The van der Waals surface area contributed by atoms with E-state index in [0.717, 1.165) is 18.6 Å². The van der Waals surface area contributed by atoms with Gasteiger partial charge in [0.25, 0.3) is 0 Å². The van der Waals surface area contributed by atoms with Crippen molar-refractivity contribution in [2.24, 2.45) is 16.7 Å². The Labute approximate surface area is 144 Å². The van der Waals surface area contributed by atoms with Crippen molar-refractivity contribution in [2.45, 2.75) is 39.3 Å². The third kappa shape index (κ3) is 2.92. The molecule has 3 rings (SSSR count). The number of fused-ring (bicyclic) bond motifs is 2. The lowest BCUT2D eigenvalue weighted by atomic mass is 9.70. The molecule has 0 amide bonds. The monoisotopic (exact) mass is 376 g/mol. The van der Waals surface area contributed by atoms with Crippen molar-refractivity contribution in [3.05, 3.63) is 23.9 Å². The number of nitrogens with zero attached hydrogens (tertiary/aromatic N) is 1. The molecule has 2 saturated carbocycles. The first-order chi connectivity index (χ1) is 11.4. The van der Waals surface area contributed by atoms with E-state index >= 15 is 0 Å². The second-order valence-corrected chi connectivity index (χ2v) is 9.18. The average molecular weight is 376 g/mol. The summed E-state index contributed by atoms with van der Waals surface area (Å²) in [5.41, 5.74) is -2.30. The van der Waals surface area contributed by atoms with Gasteiger partial charge in [0.15, 0.2) is 0 Å². The molecule has 0 aromatic carbocycles. The van der Waals surface area contributed by atoms with E-state index in [4.69, 9.17) is 0 Å². The Morgan fingerprint density at radius 2 is 2.00 bits per heavy atom. The number of hydrogen-bond acceptors (Lipinski definition) is 4. The Morgan fingerprint density at radius 1 is 1.32 bits per heavy atom. The van der Waals surface area contributed by atoms with Gasteiger partial charge < -0.3 is 0 Å². The second-order valence-electron chi connectivity index (χ2n) is 7.46. The van der Waals surface area contributed by atoms with Crippen molar-refractivity contribution in [1.29, 1.82) is 0 Å². The molecule has 138 valence electrons. The number of nitrogens with one attached hydrogen (secondary N) is 1. The summed E-state index contributed by atoms with van der Waals surface area (Å²) in [6.07, 6.45) is -2.24. The normalized spacial score (nSPS) is 28.4. The van der Waals surface area contributed by atoms with Crippen molar-refractivity contribution < 1.29 is 26.4 Å². The number of pyridine rings is 1. The van der Waals surface area contributed by atoms with Gasteiger partial charge in [-0.3, -0.25) is 9.52 Å². The lowest BCUT2D eigenvalue weighted by Crippen LogP contribution is -2.43. The predicted molar refractivity (Wildman–Crippen MR) is 85.2 cm³/mol. The molecule has 0 radical (unpaired) electrons. The molecule has 9 heteroatoms. The molecule has 0 unspecified atom stereocenters. The first-order valence-corrected chi connectivity index (χ1v) is 9.60. The molecular weight excluding hydrogens is 357 g/mol. The van der Waals surface area contributed by atoms with Crippen LogP contribution in [0.25, 0.3) is 0 Å². The molecule has 1 heterocycles. The second kappa shape index (κ2) is 5.43. The van der Waals surface area contributed by atoms with Crippen LogP contribution in [-0.4, -0.2) is 24.9 Å². The van der Waals surface area contributed by atoms with Crippen molar-refractivity contribution >= 4 is 21.6 Å². The number of aromatic nitrogens is 1. The van der Waals surface area contributed by atoms with Gasteiger partial charge in [-0.1, -0.05) is 13.8 Å². The van der Waals surface area contributed by atoms with Crippen LogP contribution in [-0.2, 0) is 21.0 Å². The summed E-state index contributed by atoms with van der Waals surface area (Å²) in [6, 6.07) is 1.73. The van der Waals surface area contributed by atoms with Gasteiger partial charge >= 0.3 is 6.18 Å². The van der Waals surface area contributed by atoms with Crippen LogP contribution in [0.5, 0.6) is 0 Å². The minimum atomic E-state index is -4.54. The minimum Gasteiger partial charge on any atom is -0.299 e. The third-order valence-corrected chi connectivity index (χ3v) is 7.32. The lowest BCUT2D eigenvalue weighted by molar-refractivity contribution is -0.137. The highest BCUT2D eigenvalue weighted by atomic mass is 32.2. The summed E-state index contributed by atoms with van der Waals surface area (Å²) in [5, 5.41) is 0. The fourth-order valence-electron chi connectivity index (χ4n) is 4.25. The summed E-state index contributed by atoms with van der Waals surface area (Å²) in [4.78, 5) is 15.9. The third-order valence-electron chi connectivity index (χ3n) is 5.93. The summed E-state index contributed by atoms with van der Waals surface area (Å²) >= 11 is 0. The summed E-state index contributed by atoms with van der Waals surface area (Å²) in [6.45, 7) is 3.84. The molecule has 2 bridgehead atoms. The highest BCUT2D eigenvalue weighted by molar-refractivity contribution is 7.92. The molecule has 2 aliphatic carbocycles. The van der Waals surface area contributed by atoms with Crippen molar-refractivity contribution in [1.82, 2.24) is 4.98 Å². The van der Waals surface area contributed by atoms with Gasteiger partial charge in [0.1, 0.15) is 11.6 Å². The minimum absolute atomic E-state index is 0.0421. The van der Waals surface area contributed by atoms with E-state index in [1.165, 1.54) is 0 Å². The Kier molecular flexibility index (Phi) is 3.94. The van der Waals surface area contributed by atoms with Crippen molar-refractivity contribution in [2.75, 3.05) is 10.5 Å². The van der Waals surface area contributed by atoms with Crippen LogP contribution in [0, 0.1) is 16.7 Å². The van der Waals surface area contributed by atoms with E-state index in [2.05, 4.69) is 9.71 Å². The molecular formula is C16H19F3N2O3S. The van der Waals surface area contributed by atoms with Gasteiger partial charge in [-0.25, -0.2) is 13.4 Å². The Hall–Kier alpha value is -1.64. The molecule has 5 nitrogen and oxygen atoms in total. The van der Waals surface area contributed by atoms with E-state index in [1.807, 2.05) is 13.8 Å². The molecule has 1 aromatic heterocycles. The molecule has 0 spiro atoms. The largest absolute Gasteiger partial charge is 0.417 e. The van der Waals surface area contributed by atoms with Gasteiger partial charge in [0, 0.05) is 12.6 Å². The smallest absolute Gasteiger partial charge is 0.299 e. The number of anilines is 1. The van der Waals surface area contributed by atoms with Gasteiger partial charge in [-0.05, 0) is 36.3 Å². The molecule has 2 atom stereocenters. The number of rotatable bonds is 4. The maximum atomic E-state index is 12.5. The first-order valence-electron chi connectivity index (χ1n) is 7.94. The zero-order valence-electron chi connectivity index (χ0n) is 13.9. The maximum Gasteiger partial charge on any atom is 0.417 e. The standard InChI is InChI=1S/C16H19F3N2O3S/c1-14(2)10-5-6-15(14,12(22)7-10)9-25(23,24)21-13-4-3-11(8-20-13)16(17,18)19/h3-4,8,10H,5-7,9H2,1-2H3,(H,20,21)/t10-,15-/m1/s1. The van der Waals surface area contributed by atoms with Crippen LogP contribution in [0.1, 0.15) is 38.7 Å². The number of ketones is 1. The van der Waals surface area contributed by atoms with Crippen LogP contribution in [0.4, 0.5) is 19.0 Å². The van der Waals surface area contributed by atoms with E-state index in [-0.39, 0.29) is 23.3 Å². The van der Waals surface area contributed by atoms with Gasteiger partial charge in [0.2, 0.25) is 10.0 Å². The van der Waals surface area contributed by atoms with Crippen LogP contribution in [0.15, 0.2) is 18.3 Å². The number of sulfonamides is 1. The summed E-state index contributed by atoms with van der Waals surface area (Å²) in [7, 11) is -3.93. The molecule has 2 fully saturated rings. The Bertz CT molecular complexity index is 803. The SMILES string of the molecule is CC1(C)[C@@H]2CC[C@@]1(CS(=O)(=O)Nc1ccc(C(F)(F)F)cn1)C(=O)C2. The Balaban J connectivity index is 1.80. The Morgan fingerprint density at radius 3 is 2.44 bits per heavy atom. The summed E-state index contributed by atoms with van der Waals surface area (Å²) < 4.78 is 64.9. The van der Waals surface area contributed by atoms with E-state index < -0.39 is 32.6 Å². The van der Waals surface area contributed by atoms with Crippen LogP contribution >= 0.6 is 0 Å². The molecule has 25 heavy (non-hydrogen) atoms. The van der Waals surface area contributed by atoms with E-state index in [1.54, 1.807) is 0 Å². The van der Waals surface area contributed by atoms with Gasteiger partial charge in [-0.15, -0.1) is 0 Å². The van der Waals surface area contributed by atoms with Crippen molar-refractivity contribution in [3.8, 4) is 0 Å². The number of Topliss-reactive ketones (excluding diaryl/α,β-unsaturated/α-hetero) is 1. The predicted octanol–water partition coefficient (Wildman–Crippen LogP) is 3.24. The van der Waals surface area contributed by atoms with E-state index in [9.17, 15) is 26.4 Å². The number of carbonyl (C=O) groups is 1. The molecule has 0 saturated heterocycles. The molecule has 0 aliphatic heterocycles. The topological polar surface area (TPSA) is 76.1 Å². The van der Waals surface area contributed by atoms with Crippen LogP contribution < -0.4 is 4.72 Å². The number of carbonyl (C=O) groups excluding carboxylic acids is 1. The highest BCUT2D eigenvalue weighted by Gasteiger charge is 2.65. The molecule has 2 aliphatic rings. The number of alkyl halides is 3. The zero-order chi connectivity index (χ0) is 18.7.